The SMILES string of the molecule is CCCCCCC=CCOC(=O)CCCCCCCN(CCCCCCCCCCCCCCCCCC)C(=O)SCC(C)N(C)C. The molecule has 1 amide bonds. The zero-order valence-electron chi connectivity index (χ0n) is 32.2. The van der Waals surface area contributed by atoms with E-state index in [1.165, 1.54) is 134 Å². The number of hydrogen-bond acceptors (Lipinski definition) is 5. The molecule has 278 valence electrons. The van der Waals surface area contributed by atoms with Gasteiger partial charge in [-0.05, 0) is 53.1 Å². The van der Waals surface area contributed by atoms with Gasteiger partial charge in [0.2, 0.25) is 0 Å². The van der Waals surface area contributed by atoms with Crippen molar-refractivity contribution in [3.63, 3.8) is 0 Å². The number of allylic oxidation sites excluding steroid dienone is 1. The van der Waals surface area contributed by atoms with Gasteiger partial charge in [-0.1, -0.05) is 173 Å². The minimum absolute atomic E-state index is 0.0832. The van der Waals surface area contributed by atoms with Crippen LogP contribution in [0.2, 0.25) is 0 Å². The lowest BCUT2D eigenvalue weighted by Crippen LogP contribution is -2.32. The van der Waals surface area contributed by atoms with E-state index < -0.39 is 0 Å². The van der Waals surface area contributed by atoms with E-state index in [4.69, 9.17) is 4.74 Å². The van der Waals surface area contributed by atoms with Gasteiger partial charge in [-0.3, -0.25) is 9.59 Å². The molecular weight excluding hydrogens is 601 g/mol. The number of hydrogen-bond donors (Lipinski definition) is 0. The fourth-order valence-corrected chi connectivity index (χ4v) is 6.81. The van der Waals surface area contributed by atoms with Crippen LogP contribution < -0.4 is 0 Å². The molecule has 0 radical (unpaired) electrons. The standard InChI is InChI=1S/C41H80N2O3S/c1-6-8-10-12-14-15-16-17-18-19-20-21-22-23-27-31-35-43(41(45)47-38-39(3)42(4)5)36-32-28-25-26-30-34-40(44)46-37-33-29-24-13-11-9-7-2/h29,33,39H,6-28,30-32,34-38H2,1-5H3. The fraction of sp³-hybridized carbons (Fsp3) is 0.902. The lowest BCUT2D eigenvalue weighted by atomic mass is 10.0. The van der Waals surface area contributed by atoms with Crippen molar-refractivity contribution in [2.75, 3.05) is 39.5 Å². The van der Waals surface area contributed by atoms with Crippen LogP contribution in [-0.4, -0.2) is 66.6 Å². The Morgan fingerprint density at radius 1 is 0.596 bits per heavy atom. The Balaban J connectivity index is 4.04. The minimum Gasteiger partial charge on any atom is -0.461 e. The first kappa shape index (κ1) is 46.0. The van der Waals surface area contributed by atoms with Gasteiger partial charge in [-0.25, -0.2) is 0 Å². The van der Waals surface area contributed by atoms with Crippen LogP contribution in [0.1, 0.15) is 194 Å². The summed E-state index contributed by atoms with van der Waals surface area (Å²) in [5.74, 6) is 0.756. The largest absolute Gasteiger partial charge is 0.461 e. The number of carbonyl (C=O) groups is 2. The van der Waals surface area contributed by atoms with Crippen LogP contribution in [0, 0.1) is 0 Å². The fourth-order valence-electron chi connectivity index (χ4n) is 5.77. The van der Waals surface area contributed by atoms with E-state index in [0.29, 0.717) is 19.1 Å². The second-order valence-electron chi connectivity index (χ2n) is 14.2. The molecule has 1 unspecified atom stereocenters. The van der Waals surface area contributed by atoms with Crippen LogP contribution in [0.3, 0.4) is 0 Å². The third-order valence-corrected chi connectivity index (χ3v) is 10.6. The summed E-state index contributed by atoms with van der Waals surface area (Å²) in [6, 6.07) is 0.389. The summed E-state index contributed by atoms with van der Waals surface area (Å²) in [6.07, 6.45) is 37.9. The van der Waals surface area contributed by atoms with Gasteiger partial charge in [-0.2, -0.15) is 0 Å². The number of nitrogens with zero attached hydrogens (tertiary/aromatic N) is 2. The molecule has 47 heavy (non-hydrogen) atoms. The highest BCUT2D eigenvalue weighted by molar-refractivity contribution is 8.13. The first-order chi connectivity index (χ1) is 22.9. The summed E-state index contributed by atoms with van der Waals surface area (Å²) in [5.41, 5.74) is 0. The van der Waals surface area contributed by atoms with Crippen LogP contribution >= 0.6 is 11.8 Å². The number of carbonyl (C=O) groups excluding carboxylic acids is 2. The van der Waals surface area contributed by atoms with Crippen molar-refractivity contribution in [1.29, 1.82) is 0 Å². The van der Waals surface area contributed by atoms with Gasteiger partial charge < -0.3 is 14.5 Å². The van der Waals surface area contributed by atoms with Gasteiger partial charge in [-0.15, -0.1) is 0 Å². The van der Waals surface area contributed by atoms with Gasteiger partial charge in [0, 0.05) is 31.3 Å². The van der Waals surface area contributed by atoms with Gasteiger partial charge >= 0.3 is 5.97 Å². The summed E-state index contributed by atoms with van der Waals surface area (Å²) in [5, 5.41) is 0.248. The Morgan fingerprint density at radius 3 is 1.49 bits per heavy atom. The zero-order chi connectivity index (χ0) is 34.6. The first-order valence-corrected chi connectivity index (χ1v) is 21.3. The molecule has 0 bridgehead atoms. The molecule has 0 heterocycles. The maximum Gasteiger partial charge on any atom is 0.306 e. The van der Waals surface area contributed by atoms with Crippen LogP contribution in [0.5, 0.6) is 0 Å². The highest BCUT2D eigenvalue weighted by Crippen LogP contribution is 2.17. The van der Waals surface area contributed by atoms with E-state index in [1.54, 1.807) is 0 Å². The maximum atomic E-state index is 13.1. The first-order valence-electron chi connectivity index (χ1n) is 20.3. The van der Waals surface area contributed by atoms with Gasteiger partial charge in [0.05, 0.1) is 0 Å². The Bertz CT molecular complexity index is 715. The number of esters is 1. The van der Waals surface area contributed by atoms with Crippen molar-refractivity contribution >= 4 is 23.0 Å². The third kappa shape index (κ3) is 33.3. The molecule has 6 heteroatoms. The lowest BCUT2D eigenvalue weighted by Gasteiger charge is -2.24. The maximum absolute atomic E-state index is 13.1. The summed E-state index contributed by atoms with van der Waals surface area (Å²) < 4.78 is 5.34. The normalized spacial score (nSPS) is 12.3. The molecule has 0 aliphatic rings. The second-order valence-corrected chi connectivity index (χ2v) is 15.2. The molecule has 0 fully saturated rings. The molecule has 0 saturated heterocycles. The van der Waals surface area contributed by atoms with Crippen molar-refractivity contribution in [3.05, 3.63) is 12.2 Å². The highest BCUT2D eigenvalue weighted by atomic mass is 32.2. The topological polar surface area (TPSA) is 49.9 Å². The molecule has 0 aromatic carbocycles. The van der Waals surface area contributed by atoms with Gasteiger partial charge in [0.1, 0.15) is 6.61 Å². The molecular formula is C41H80N2O3S. The summed E-state index contributed by atoms with van der Waals surface area (Å²) in [6.45, 7) is 8.85. The van der Waals surface area contributed by atoms with Crippen molar-refractivity contribution in [2.45, 2.75) is 200 Å². The quantitative estimate of drug-likeness (QED) is 0.0379. The van der Waals surface area contributed by atoms with Crippen molar-refractivity contribution in [3.8, 4) is 0 Å². The average molecular weight is 681 g/mol. The Labute approximate surface area is 298 Å². The van der Waals surface area contributed by atoms with Crippen LogP contribution in [0.4, 0.5) is 4.79 Å². The Morgan fingerprint density at radius 2 is 1.02 bits per heavy atom. The number of unbranched alkanes of at least 4 members (excludes halogenated alkanes) is 23. The van der Waals surface area contributed by atoms with Crippen LogP contribution in [0.15, 0.2) is 12.2 Å². The third-order valence-electron chi connectivity index (χ3n) is 9.41. The van der Waals surface area contributed by atoms with E-state index in [1.807, 2.05) is 6.08 Å². The van der Waals surface area contributed by atoms with Crippen molar-refractivity contribution < 1.29 is 14.3 Å². The van der Waals surface area contributed by atoms with Gasteiger partial charge in [0.15, 0.2) is 0 Å². The van der Waals surface area contributed by atoms with E-state index in [9.17, 15) is 9.59 Å². The minimum atomic E-state index is -0.0832. The molecule has 0 aromatic heterocycles. The number of thioether (sulfide) groups is 1. The molecule has 0 saturated carbocycles. The smallest absolute Gasteiger partial charge is 0.306 e. The summed E-state index contributed by atoms with van der Waals surface area (Å²) >= 11 is 1.49. The monoisotopic (exact) mass is 681 g/mol. The summed E-state index contributed by atoms with van der Waals surface area (Å²) in [4.78, 5) is 29.4. The van der Waals surface area contributed by atoms with E-state index in [-0.39, 0.29) is 11.2 Å². The average Bonchev–Trinajstić information content (AvgIpc) is 3.06. The molecule has 0 aliphatic heterocycles. The predicted molar refractivity (Wildman–Crippen MR) is 209 cm³/mol. The number of amides is 1. The van der Waals surface area contributed by atoms with Gasteiger partial charge in [0.25, 0.3) is 5.24 Å². The molecule has 0 spiro atoms. The molecule has 0 aromatic rings. The lowest BCUT2D eigenvalue weighted by molar-refractivity contribution is -0.142. The Hall–Kier alpha value is -1.01. The predicted octanol–water partition coefficient (Wildman–Crippen LogP) is 12.8. The highest BCUT2D eigenvalue weighted by Gasteiger charge is 2.16. The molecule has 1 atom stereocenters. The van der Waals surface area contributed by atoms with E-state index in [0.717, 1.165) is 63.8 Å². The second kappa shape index (κ2) is 36.3. The van der Waals surface area contributed by atoms with Crippen LogP contribution in [-0.2, 0) is 9.53 Å². The summed E-state index contributed by atoms with van der Waals surface area (Å²) in [7, 11) is 4.16. The van der Waals surface area contributed by atoms with E-state index in [2.05, 4.69) is 50.7 Å². The number of ether oxygens (including phenoxy) is 1. The number of rotatable bonds is 35. The molecule has 0 N–H and O–H groups in total. The zero-order valence-corrected chi connectivity index (χ0v) is 33.0. The molecule has 0 rings (SSSR count). The molecule has 5 nitrogen and oxygen atoms in total. The van der Waals surface area contributed by atoms with E-state index >= 15 is 0 Å². The Kier molecular flexibility index (Phi) is 35.5. The van der Waals surface area contributed by atoms with Crippen LogP contribution in [0.25, 0.3) is 0 Å². The van der Waals surface area contributed by atoms with Crippen molar-refractivity contribution in [1.82, 2.24) is 9.80 Å². The van der Waals surface area contributed by atoms with Crippen molar-refractivity contribution in [2.24, 2.45) is 0 Å². The molecule has 0 aliphatic carbocycles.